The minimum absolute atomic E-state index is 0.212. The van der Waals surface area contributed by atoms with Gasteiger partial charge in [-0.1, -0.05) is 34.1 Å². The number of nitrogens with one attached hydrogen (secondary N) is 1. The molecule has 1 amide bonds. The molecule has 0 saturated carbocycles. The molecule has 0 radical (unpaired) electrons. The van der Waals surface area contributed by atoms with Gasteiger partial charge in [-0.25, -0.2) is 4.68 Å². The van der Waals surface area contributed by atoms with Gasteiger partial charge >= 0.3 is 0 Å². The van der Waals surface area contributed by atoms with Crippen LogP contribution in [0.4, 0.5) is 5.69 Å². The summed E-state index contributed by atoms with van der Waals surface area (Å²) in [4.78, 5) is 12.9. The van der Waals surface area contributed by atoms with Crippen molar-refractivity contribution in [2.75, 3.05) is 12.4 Å². The Morgan fingerprint density at radius 2 is 1.88 bits per heavy atom. The van der Waals surface area contributed by atoms with E-state index in [4.69, 9.17) is 20.9 Å². The van der Waals surface area contributed by atoms with Crippen molar-refractivity contribution in [1.29, 1.82) is 0 Å². The smallest absolute Gasteiger partial charge is 0.278 e. The first-order valence-corrected chi connectivity index (χ1v) is 10.5. The summed E-state index contributed by atoms with van der Waals surface area (Å²) >= 11 is 6.01. The second kappa shape index (κ2) is 8.40. The van der Waals surface area contributed by atoms with E-state index in [9.17, 15) is 4.79 Å². The van der Waals surface area contributed by atoms with Gasteiger partial charge in [0.25, 0.3) is 5.91 Å². The maximum atomic E-state index is 12.9. The number of methoxy groups -OCH3 is 1. The first kappa shape index (κ1) is 20.7. The third-order valence-electron chi connectivity index (χ3n) is 5.28. The van der Waals surface area contributed by atoms with E-state index in [0.29, 0.717) is 33.4 Å². The summed E-state index contributed by atoms with van der Waals surface area (Å²) in [5, 5.41) is 16.7. The fraction of sp³-hybridized carbons (Fsp3) is 0.0833. The maximum absolute atomic E-state index is 12.9. The van der Waals surface area contributed by atoms with Gasteiger partial charge in [0.1, 0.15) is 11.3 Å². The van der Waals surface area contributed by atoms with Gasteiger partial charge in [0.05, 0.1) is 29.6 Å². The highest BCUT2D eigenvalue weighted by molar-refractivity contribution is 6.30. The van der Waals surface area contributed by atoms with Gasteiger partial charge in [-0.3, -0.25) is 4.79 Å². The molecule has 0 fully saturated rings. The normalized spacial score (nSPS) is 11.0. The van der Waals surface area contributed by atoms with Crippen molar-refractivity contribution in [1.82, 2.24) is 20.2 Å². The number of fused-ring (bicyclic) bond motifs is 1. The van der Waals surface area contributed by atoms with E-state index in [1.165, 1.54) is 0 Å². The molecule has 8 nitrogen and oxygen atoms in total. The molecule has 0 atom stereocenters. The van der Waals surface area contributed by atoms with Gasteiger partial charge in [-0.15, -0.1) is 5.10 Å². The fourth-order valence-electron chi connectivity index (χ4n) is 3.58. The number of anilines is 1. The molecule has 0 saturated heterocycles. The fourth-order valence-corrected chi connectivity index (χ4v) is 3.71. The summed E-state index contributed by atoms with van der Waals surface area (Å²) in [5.74, 6) is 0.801. The summed E-state index contributed by atoms with van der Waals surface area (Å²) < 4.78 is 12.5. The quantitative estimate of drug-likeness (QED) is 0.383. The van der Waals surface area contributed by atoms with Crippen LogP contribution in [0.1, 0.15) is 16.2 Å². The van der Waals surface area contributed by atoms with E-state index in [-0.39, 0.29) is 11.6 Å². The predicted molar refractivity (Wildman–Crippen MR) is 125 cm³/mol. The number of benzene rings is 3. The van der Waals surface area contributed by atoms with Crippen LogP contribution in [-0.4, -0.2) is 33.2 Å². The molecule has 5 rings (SSSR count). The van der Waals surface area contributed by atoms with Crippen LogP contribution in [0, 0.1) is 6.92 Å². The largest absolute Gasteiger partial charge is 0.495 e. The molecule has 2 heterocycles. The van der Waals surface area contributed by atoms with Crippen LogP contribution in [0.25, 0.3) is 27.9 Å². The lowest BCUT2D eigenvalue weighted by atomic mass is 10.1. The Bertz CT molecular complexity index is 1470. The Labute approximate surface area is 193 Å². The summed E-state index contributed by atoms with van der Waals surface area (Å²) in [5.41, 5.74) is 3.64. The number of carbonyl (C=O) groups excluding carboxylic acids is 1. The SMILES string of the molecule is COc1ccccc1NC(=O)c1nnn(-c2ccc3noc(-c4ccc(Cl)cc4)c3c2)c1C. The van der Waals surface area contributed by atoms with E-state index in [2.05, 4.69) is 20.8 Å². The van der Waals surface area contributed by atoms with Crippen LogP contribution in [0.3, 0.4) is 0 Å². The lowest BCUT2D eigenvalue weighted by molar-refractivity contribution is 0.102. The minimum atomic E-state index is -0.379. The van der Waals surface area contributed by atoms with Gasteiger partial charge in [0.15, 0.2) is 11.5 Å². The van der Waals surface area contributed by atoms with Gasteiger partial charge in [-0.05, 0) is 61.5 Å². The number of aromatic nitrogens is 4. The number of nitrogens with zero attached hydrogens (tertiary/aromatic N) is 4. The Morgan fingerprint density at radius 1 is 1.09 bits per heavy atom. The highest BCUT2D eigenvalue weighted by Gasteiger charge is 2.20. The Hall–Kier alpha value is -4.17. The van der Waals surface area contributed by atoms with E-state index in [1.54, 1.807) is 43.0 Å². The number of halogens is 1. The summed E-state index contributed by atoms with van der Waals surface area (Å²) in [6, 6.07) is 20.1. The van der Waals surface area contributed by atoms with Crippen molar-refractivity contribution in [2.45, 2.75) is 6.92 Å². The monoisotopic (exact) mass is 459 g/mol. The molecule has 9 heteroatoms. The molecule has 1 N–H and O–H groups in total. The summed E-state index contributed by atoms with van der Waals surface area (Å²) in [7, 11) is 1.55. The standard InChI is InChI=1S/C24H18ClN5O3/c1-14-22(24(31)26-20-5-3-4-6-21(20)32-2)27-29-30(14)17-11-12-19-18(13-17)23(33-28-19)15-7-9-16(25)10-8-15/h3-13H,1-2H3,(H,26,31). The average Bonchev–Trinajstić information content (AvgIpc) is 3.43. The molecule has 0 aliphatic carbocycles. The zero-order valence-electron chi connectivity index (χ0n) is 17.7. The summed E-state index contributed by atoms with van der Waals surface area (Å²) in [6.07, 6.45) is 0. The van der Waals surface area contributed by atoms with Crippen molar-refractivity contribution in [3.05, 3.63) is 83.1 Å². The molecule has 5 aromatic rings. The molecule has 33 heavy (non-hydrogen) atoms. The van der Waals surface area contributed by atoms with E-state index in [1.807, 2.05) is 42.5 Å². The summed E-state index contributed by atoms with van der Waals surface area (Å²) in [6.45, 7) is 1.79. The maximum Gasteiger partial charge on any atom is 0.278 e. The molecule has 0 aliphatic rings. The van der Waals surface area contributed by atoms with Gasteiger partial charge < -0.3 is 14.6 Å². The molecule has 0 spiro atoms. The van der Waals surface area contributed by atoms with Crippen LogP contribution < -0.4 is 10.1 Å². The highest BCUT2D eigenvalue weighted by atomic mass is 35.5. The number of ether oxygens (including phenoxy) is 1. The van der Waals surface area contributed by atoms with Crippen LogP contribution >= 0.6 is 11.6 Å². The number of para-hydroxylation sites is 2. The van der Waals surface area contributed by atoms with Crippen molar-refractivity contribution >= 4 is 34.1 Å². The predicted octanol–water partition coefficient (Wildman–Crippen LogP) is 5.30. The molecular weight excluding hydrogens is 442 g/mol. The molecule has 0 bridgehead atoms. The van der Waals surface area contributed by atoms with Crippen molar-refractivity contribution in [3.8, 4) is 22.8 Å². The molecule has 2 aromatic heterocycles. The second-order valence-electron chi connectivity index (χ2n) is 7.31. The van der Waals surface area contributed by atoms with Crippen molar-refractivity contribution < 1.29 is 14.1 Å². The molecule has 0 unspecified atom stereocenters. The number of carbonyl (C=O) groups is 1. The first-order chi connectivity index (χ1) is 16.0. The van der Waals surface area contributed by atoms with Crippen molar-refractivity contribution in [3.63, 3.8) is 0 Å². The van der Waals surface area contributed by atoms with Crippen LogP contribution in [-0.2, 0) is 0 Å². The van der Waals surface area contributed by atoms with E-state index >= 15 is 0 Å². The van der Waals surface area contributed by atoms with Gasteiger partial charge in [0.2, 0.25) is 0 Å². The van der Waals surface area contributed by atoms with Gasteiger partial charge in [-0.2, -0.15) is 0 Å². The number of rotatable bonds is 5. The van der Waals surface area contributed by atoms with Crippen LogP contribution in [0.5, 0.6) is 5.75 Å². The van der Waals surface area contributed by atoms with E-state index < -0.39 is 0 Å². The average molecular weight is 460 g/mol. The third-order valence-corrected chi connectivity index (χ3v) is 5.53. The molecule has 3 aromatic carbocycles. The Balaban J connectivity index is 1.49. The molecule has 164 valence electrons. The van der Waals surface area contributed by atoms with Crippen LogP contribution in [0.15, 0.2) is 71.3 Å². The topological polar surface area (TPSA) is 95.1 Å². The zero-order valence-corrected chi connectivity index (χ0v) is 18.5. The van der Waals surface area contributed by atoms with E-state index in [0.717, 1.165) is 16.6 Å². The second-order valence-corrected chi connectivity index (χ2v) is 7.75. The lowest BCUT2D eigenvalue weighted by Gasteiger charge is -2.09. The lowest BCUT2D eigenvalue weighted by Crippen LogP contribution is -2.14. The van der Waals surface area contributed by atoms with Gasteiger partial charge in [0, 0.05) is 10.6 Å². The minimum Gasteiger partial charge on any atom is -0.495 e. The first-order valence-electron chi connectivity index (χ1n) is 10.1. The molecular formula is C24H18ClN5O3. The van der Waals surface area contributed by atoms with Crippen molar-refractivity contribution in [2.24, 2.45) is 0 Å². The third kappa shape index (κ3) is 3.81. The van der Waals surface area contributed by atoms with Crippen LogP contribution in [0.2, 0.25) is 5.02 Å². The number of amides is 1. The number of hydrogen-bond donors (Lipinski definition) is 1. The highest BCUT2D eigenvalue weighted by Crippen LogP contribution is 2.31. The zero-order chi connectivity index (χ0) is 22.9. The number of hydrogen-bond acceptors (Lipinski definition) is 6. The Morgan fingerprint density at radius 3 is 2.67 bits per heavy atom. The molecule has 0 aliphatic heterocycles. The Kier molecular flexibility index (Phi) is 5.27.